The van der Waals surface area contributed by atoms with Crippen LogP contribution in [0.4, 0.5) is 8.78 Å². The molecule has 0 amide bonds. The Morgan fingerprint density at radius 3 is 2.44 bits per heavy atom. The summed E-state index contributed by atoms with van der Waals surface area (Å²) in [4.78, 5) is 27.6. The lowest BCUT2D eigenvalue weighted by atomic mass is 9.95. The molecule has 0 aliphatic rings. The molecule has 0 bridgehead atoms. The number of carbonyl (C=O) groups excluding carboxylic acids is 1. The molecule has 9 heteroatoms. The number of hydrogen-bond donors (Lipinski definition) is 2. The Morgan fingerprint density at radius 1 is 1.03 bits per heavy atom. The van der Waals surface area contributed by atoms with E-state index >= 15 is 0 Å². The summed E-state index contributed by atoms with van der Waals surface area (Å²) in [7, 11) is 0. The van der Waals surface area contributed by atoms with Crippen LogP contribution < -0.4 is 10.3 Å². The van der Waals surface area contributed by atoms with E-state index in [0.717, 1.165) is 17.2 Å². The molecule has 0 aliphatic heterocycles. The molecule has 4 aromatic rings. The summed E-state index contributed by atoms with van der Waals surface area (Å²) in [5.41, 5.74) is 2.24. The number of rotatable bonds is 7. The number of aromatic amines is 2. The third kappa shape index (κ3) is 5.58. The van der Waals surface area contributed by atoms with Crippen molar-refractivity contribution in [2.75, 3.05) is 0 Å². The van der Waals surface area contributed by atoms with Crippen molar-refractivity contribution in [2.24, 2.45) is 0 Å². The van der Waals surface area contributed by atoms with Gasteiger partial charge >= 0.3 is 11.5 Å². The molecule has 0 saturated carbocycles. The van der Waals surface area contributed by atoms with Crippen molar-refractivity contribution >= 4 is 17.6 Å². The topological polar surface area (TPSA) is 87.8 Å². The van der Waals surface area contributed by atoms with E-state index in [1.807, 2.05) is 19.1 Å². The number of benzene rings is 2. The Hall–Kier alpha value is -3.78. The molecule has 6 nitrogen and oxygen atoms in total. The van der Waals surface area contributed by atoms with E-state index < -0.39 is 23.2 Å². The van der Waals surface area contributed by atoms with E-state index in [-0.39, 0.29) is 30.2 Å². The third-order valence-electron chi connectivity index (χ3n) is 5.41. The normalized spacial score (nSPS) is 11.9. The fraction of sp³-hybridized carbons (Fsp3) is 0.160. The molecule has 2 N–H and O–H groups in total. The van der Waals surface area contributed by atoms with Crippen molar-refractivity contribution in [3.63, 3.8) is 0 Å². The zero-order valence-electron chi connectivity index (χ0n) is 18.1. The van der Waals surface area contributed by atoms with Gasteiger partial charge in [0.2, 0.25) is 0 Å². The molecule has 0 radical (unpaired) electrons. The van der Waals surface area contributed by atoms with Crippen LogP contribution in [-0.4, -0.2) is 21.2 Å². The number of esters is 1. The molecule has 2 aromatic heterocycles. The van der Waals surface area contributed by atoms with Gasteiger partial charge in [0.05, 0.1) is 5.69 Å². The molecular weight excluding hydrogens is 464 g/mol. The number of H-pyrrole nitrogens is 2. The average molecular weight is 484 g/mol. The first-order valence-electron chi connectivity index (χ1n) is 10.5. The minimum absolute atomic E-state index is 0.00124. The molecule has 34 heavy (non-hydrogen) atoms. The van der Waals surface area contributed by atoms with Crippen LogP contribution in [0.25, 0.3) is 0 Å². The Morgan fingerprint density at radius 2 is 1.74 bits per heavy atom. The molecule has 2 aromatic carbocycles. The summed E-state index contributed by atoms with van der Waals surface area (Å²) in [6.07, 6.45) is 2.26. The highest BCUT2D eigenvalue weighted by molar-refractivity contribution is 6.30. The SMILES string of the molecule is CC(c1ccc(Cl)cc1)c1c[nH]c(C(=O)Oc2cc(CCc3cc(F)cc(F)c3)n[nH]c2=O)c1. The second-order valence-electron chi connectivity index (χ2n) is 7.84. The predicted molar refractivity (Wildman–Crippen MR) is 123 cm³/mol. The van der Waals surface area contributed by atoms with E-state index in [9.17, 15) is 18.4 Å². The largest absolute Gasteiger partial charge is 0.416 e. The number of ether oxygens (including phenoxy) is 1. The first-order chi connectivity index (χ1) is 16.3. The van der Waals surface area contributed by atoms with Gasteiger partial charge in [-0.25, -0.2) is 18.7 Å². The summed E-state index contributed by atoms with van der Waals surface area (Å²) in [5.74, 6) is -2.30. The minimum atomic E-state index is -0.732. The van der Waals surface area contributed by atoms with Gasteiger partial charge in [-0.05, 0) is 59.9 Å². The van der Waals surface area contributed by atoms with Gasteiger partial charge in [0, 0.05) is 29.3 Å². The number of aryl methyl sites for hydroxylation is 2. The molecule has 4 rings (SSSR count). The molecule has 0 spiro atoms. The first-order valence-corrected chi connectivity index (χ1v) is 10.9. The molecule has 0 saturated heterocycles. The van der Waals surface area contributed by atoms with Crippen molar-refractivity contribution in [1.82, 2.24) is 15.2 Å². The van der Waals surface area contributed by atoms with Gasteiger partial charge in [-0.1, -0.05) is 30.7 Å². The molecule has 174 valence electrons. The van der Waals surface area contributed by atoms with Crippen molar-refractivity contribution < 1.29 is 18.3 Å². The van der Waals surface area contributed by atoms with Crippen LogP contribution in [0.5, 0.6) is 5.75 Å². The Labute approximate surface area is 198 Å². The van der Waals surface area contributed by atoms with Gasteiger partial charge < -0.3 is 9.72 Å². The second-order valence-corrected chi connectivity index (χ2v) is 8.28. The Bertz CT molecular complexity index is 1360. The van der Waals surface area contributed by atoms with Crippen molar-refractivity contribution in [1.29, 1.82) is 0 Å². The Balaban J connectivity index is 1.44. The lowest BCUT2D eigenvalue weighted by Crippen LogP contribution is -2.18. The predicted octanol–water partition coefficient (Wildman–Crippen LogP) is 5.19. The van der Waals surface area contributed by atoms with Crippen LogP contribution in [0.15, 0.2) is 65.6 Å². The van der Waals surface area contributed by atoms with Crippen molar-refractivity contribution in [3.8, 4) is 5.75 Å². The summed E-state index contributed by atoms with van der Waals surface area (Å²) in [6.45, 7) is 1.99. The molecule has 1 unspecified atom stereocenters. The van der Waals surface area contributed by atoms with Crippen LogP contribution in [0.1, 0.15) is 45.7 Å². The smallest absolute Gasteiger partial charge is 0.360 e. The average Bonchev–Trinajstić information content (AvgIpc) is 3.29. The summed E-state index contributed by atoms with van der Waals surface area (Å²) >= 11 is 5.94. The maximum Gasteiger partial charge on any atom is 0.360 e. The second kappa shape index (κ2) is 10.0. The number of aromatic nitrogens is 3. The standard InChI is InChI=1S/C25H20ClF2N3O3/c1-14(16-3-5-18(26)6-4-16)17-10-22(29-13-17)25(33)34-23-12-21(30-31-24(23)32)7-2-15-8-19(27)11-20(28)9-15/h3-6,8-14,29H,2,7H2,1H3,(H,31,32). The highest BCUT2D eigenvalue weighted by Crippen LogP contribution is 2.26. The fourth-order valence-corrected chi connectivity index (χ4v) is 3.66. The number of halogens is 3. The zero-order chi connectivity index (χ0) is 24.2. The van der Waals surface area contributed by atoms with E-state index in [1.165, 1.54) is 18.2 Å². The lowest BCUT2D eigenvalue weighted by Gasteiger charge is -2.09. The maximum atomic E-state index is 13.4. The van der Waals surface area contributed by atoms with Crippen molar-refractivity contribution in [3.05, 3.63) is 116 Å². The summed E-state index contributed by atoms with van der Waals surface area (Å²) in [6, 6.07) is 13.7. The third-order valence-corrected chi connectivity index (χ3v) is 5.66. The van der Waals surface area contributed by atoms with Gasteiger partial charge in [-0.2, -0.15) is 5.10 Å². The van der Waals surface area contributed by atoms with Gasteiger partial charge in [-0.3, -0.25) is 4.79 Å². The number of nitrogens with zero attached hydrogens (tertiary/aromatic N) is 1. The summed E-state index contributed by atoms with van der Waals surface area (Å²) in [5, 5.41) is 6.83. The quantitative estimate of drug-likeness (QED) is 0.354. The number of carbonyl (C=O) groups is 1. The highest BCUT2D eigenvalue weighted by Gasteiger charge is 2.17. The Kier molecular flexibility index (Phi) is 6.88. The molecular formula is C25H20ClF2N3O3. The fourth-order valence-electron chi connectivity index (χ4n) is 3.54. The van der Waals surface area contributed by atoms with Gasteiger partial charge in [-0.15, -0.1) is 0 Å². The van der Waals surface area contributed by atoms with Gasteiger partial charge in [0.25, 0.3) is 0 Å². The molecule has 2 heterocycles. The molecule has 0 aliphatic carbocycles. The monoisotopic (exact) mass is 483 g/mol. The maximum absolute atomic E-state index is 13.4. The number of hydrogen-bond acceptors (Lipinski definition) is 4. The van der Waals surface area contributed by atoms with Crippen LogP contribution in [0.2, 0.25) is 5.02 Å². The van der Waals surface area contributed by atoms with E-state index in [4.69, 9.17) is 16.3 Å². The summed E-state index contributed by atoms with van der Waals surface area (Å²) < 4.78 is 32.0. The van der Waals surface area contributed by atoms with E-state index in [0.29, 0.717) is 16.3 Å². The van der Waals surface area contributed by atoms with Gasteiger partial charge in [0.1, 0.15) is 17.3 Å². The first kappa shape index (κ1) is 23.4. The van der Waals surface area contributed by atoms with Crippen LogP contribution >= 0.6 is 11.6 Å². The number of nitrogens with one attached hydrogen (secondary N) is 2. The van der Waals surface area contributed by atoms with Crippen LogP contribution in [0.3, 0.4) is 0 Å². The highest BCUT2D eigenvalue weighted by atomic mass is 35.5. The molecule has 1 atom stereocenters. The molecule has 0 fully saturated rings. The van der Waals surface area contributed by atoms with Gasteiger partial charge in [0.15, 0.2) is 5.75 Å². The van der Waals surface area contributed by atoms with E-state index in [2.05, 4.69) is 15.2 Å². The minimum Gasteiger partial charge on any atom is -0.416 e. The lowest BCUT2D eigenvalue weighted by molar-refractivity contribution is 0.0726. The van der Waals surface area contributed by atoms with Crippen molar-refractivity contribution in [2.45, 2.75) is 25.7 Å². The van der Waals surface area contributed by atoms with Crippen LogP contribution in [0, 0.1) is 11.6 Å². The zero-order valence-corrected chi connectivity index (χ0v) is 18.8. The van der Waals surface area contributed by atoms with Crippen LogP contribution in [-0.2, 0) is 12.8 Å². The van der Waals surface area contributed by atoms with E-state index in [1.54, 1.807) is 24.4 Å².